The maximum absolute atomic E-state index is 12.9. The fourth-order valence-electron chi connectivity index (χ4n) is 1.58. The van der Waals surface area contributed by atoms with Crippen LogP contribution in [0.1, 0.15) is 37.7 Å². The van der Waals surface area contributed by atoms with Gasteiger partial charge in [-0.15, -0.1) is 0 Å². The smallest absolute Gasteiger partial charge is 0.159 e. The van der Waals surface area contributed by atoms with Crippen LogP contribution in [-0.2, 0) is 0 Å². The zero-order chi connectivity index (χ0) is 11.3. The third kappa shape index (κ3) is 3.59. The van der Waals surface area contributed by atoms with Crippen molar-refractivity contribution >= 4 is 0 Å². The van der Waals surface area contributed by atoms with Crippen LogP contribution in [0.4, 0.5) is 8.78 Å². The zero-order valence-electron chi connectivity index (χ0n) is 8.97. The van der Waals surface area contributed by atoms with Crippen molar-refractivity contribution in [3.8, 4) is 0 Å². The van der Waals surface area contributed by atoms with Crippen LogP contribution in [0.3, 0.4) is 0 Å². The van der Waals surface area contributed by atoms with Gasteiger partial charge in [0.05, 0.1) is 0 Å². The summed E-state index contributed by atoms with van der Waals surface area (Å²) in [7, 11) is 0. The first-order valence-electron chi connectivity index (χ1n) is 5.30. The number of benzene rings is 1. The molecule has 0 heterocycles. The van der Waals surface area contributed by atoms with Crippen LogP contribution < -0.4 is 5.73 Å². The Morgan fingerprint density at radius 3 is 2.53 bits per heavy atom. The first-order chi connectivity index (χ1) is 7.15. The van der Waals surface area contributed by atoms with Gasteiger partial charge >= 0.3 is 0 Å². The minimum absolute atomic E-state index is 0.256. The standard InChI is InChI=1S/C12H17F2N/c1-9(4-2-3-7-15)10-5-6-11(13)12(14)8-10/h5-6,8-9H,2-4,7,15H2,1H3. The van der Waals surface area contributed by atoms with E-state index >= 15 is 0 Å². The molecule has 1 aromatic rings. The molecule has 1 unspecified atom stereocenters. The Kier molecular flexibility index (Phi) is 4.69. The zero-order valence-corrected chi connectivity index (χ0v) is 8.97. The summed E-state index contributed by atoms with van der Waals surface area (Å²) < 4.78 is 25.6. The van der Waals surface area contributed by atoms with E-state index < -0.39 is 11.6 Å². The summed E-state index contributed by atoms with van der Waals surface area (Å²) in [4.78, 5) is 0. The summed E-state index contributed by atoms with van der Waals surface area (Å²) in [6, 6.07) is 4.11. The Balaban J connectivity index is 2.57. The van der Waals surface area contributed by atoms with Gasteiger partial charge < -0.3 is 5.73 Å². The quantitative estimate of drug-likeness (QED) is 0.747. The molecule has 2 N–H and O–H groups in total. The van der Waals surface area contributed by atoms with Crippen LogP contribution in [0.15, 0.2) is 18.2 Å². The summed E-state index contributed by atoms with van der Waals surface area (Å²) in [5, 5.41) is 0. The lowest BCUT2D eigenvalue weighted by Gasteiger charge is -2.11. The van der Waals surface area contributed by atoms with Gasteiger partial charge in [-0.25, -0.2) is 8.78 Å². The maximum atomic E-state index is 12.9. The van der Waals surface area contributed by atoms with Crippen LogP contribution in [0.25, 0.3) is 0 Å². The Morgan fingerprint density at radius 2 is 1.93 bits per heavy atom. The molecule has 0 radical (unpaired) electrons. The Hall–Kier alpha value is -0.960. The summed E-state index contributed by atoms with van der Waals surface area (Å²) in [5.74, 6) is -1.29. The van der Waals surface area contributed by atoms with Crippen LogP contribution in [-0.4, -0.2) is 6.54 Å². The summed E-state index contributed by atoms with van der Waals surface area (Å²) in [6.45, 7) is 2.70. The van der Waals surface area contributed by atoms with Crippen molar-refractivity contribution in [1.29, 1.82) is 0 Å². The number of halogens is 2. The van der Waals surface area contributed by atoms with Gasteiger partial charge in [0.1, 0.15) is 0 Å². The van der Waals surface area contributed by atoms with Gasteiger partial charge in [-0.2, -0.15) is 0 Å². The Bertz CT molecular complexity index is 312. The van der Waals surface area contributed by atoms with E-state index in [9.17, 15) is 8.78 Å². The molecule has 15 heavy (non-hydrogen) atoms. The molecule has 1 rings (SSSR count). The van der Waals surface area contributed by atoms with Crippen LogP contribution in [0.2, 0.25) is 0 Å². The third-order valence-corrected chi connectivity index (χ3v) is 2.60. The van der Waals surface area contributed by atoms with E-state index in [1.807, 2.05) is 6.92 Å². The molecule has 84 valence electrons. The molecule has 0 aliphatic carbocycles. The van der Waals surface area contributed by atoms with Crippen molar-refractivity contribution in [1.82, 2.24) is 0 Å². The van der Waals surface area contributed by atoms with E-state index in [1.165, 1.54) is 12.1 Å². The summed E-state index contributed by atoms with van der Waals surface area (Å²) in [6.07, 6.45) is 2.97. The maximum Gasteiger partial charge on any atom is 0.159 e. The molecule has 0 amide bonds. The largest absolute Gasteiger partial charge is 0.330 e. The van der Waals surface area contributed by atoms with Crippen molar-refractivity contribution in [2.24, 2.45) is 5.73 Å². The average Bonchev–Trinajstić information content (AvgIpc) is 2.22. The highest BCUT2D eigenvalue weighted by Crippen LogP contribution is 2.22. The van der Waals surface area contributed by atoms with Crippen molar-refractivity contribution < 1.29 is 8.78 Å². The molecule has 1 atom stereocenters. The fraction of sp³-hybridized carbons (Fsp3) is 0.500. The number of nitrogens with two attached hydrogens (primary N) is 1. The average molecular weight is 213 g/mol. The van der Waals surface area contributed by atoms with Crippen LogP contribution in [0, 0.1) is 11.6 Å². The highest BCUT2D eigenvalue weighted by Gasteiger charge is 2.08. The van der Waals surface area contributed by atoms with Crippen molar-refractivity contribution in [2.75, 3.05) is 6.54 Å². The molecule has 0 fully saturated rings. The number of hydrogen-bond acceptors (Lipinski definition) is 1. The van der Waals surface area contributed by atoms with Crippen LogP contribution in [0.5, 0.6) is 0 Å². The van der Waals surface area contributed by atoms with Gasteiger partial charge in [-0.3, -0.25) is 0 Å². The van der Waals surface area contributed by atoms with Gasteiger partial charge in [0.15, 0.2) is 11.6 Å². The van der Waals surface area contributed by atoms with E-state index in [-0.39, 0.29) is 5.92 Å². The molecule has 0 aromatic heterocycles. The molecule has 0 spiro atoms. The summed E-state index contributed by atoms with van der Waals surface area (Å²) >= 11 is 0. The first-order valence-corrected chi connectivity index (χ1v) is 5.30. The number of unbranched alkanes of at least 4 members (excludes halogenated alkanes) is 1. The molecule has 0 aliphatic rings. The second-order valence-corrected chi connectivity index (χ2v) is 3.86. The molecular weight excluding hydrogens is 196 g/mol. The predicted octanol–water partition coefficient (Wildman–Crippen LogP) is 3.20. The second-order valence-electron chi connectivity index (χ2n) is 3.86. The Morgan fingerprint density at radius 1 is 1.20 bits per heavy atom. The monoisotopic (exact) mass is 213 g/mol. The van der Waals surface area contributed by atoms with E-state index in [2.05, 4.69) is 0 Å². The lowest BCUT2D eigenvalue weighted by molar-refractivity contribution is 0.504. The van der Waals surface area contributed by atoms with E-state index in [0.717, 1.165) is 24.8 Å². The number of hydrogen-bond donors (Lipinski definition) is 1. The van der Waals surface area contributed by atoms with Crippen LogP contribution >= 0.6 is 0 Å². The first kappa shape index (κ1) is 12.1. The third-order valence-electron chi connectivity index (χ3n) is 2.60. The predicted molar refractivity (Wildman–Crippen MR) is 57.7 cm³/mol. The van der Waals surface area contributed by atoms with Gasteiger partial charge in [-0.1, -0.05) is 19.4 Å². The second kappa shape index (κ2) is 5.81. The van der Waals surface area contributed by atoms with E-state index in [4.69, 9.17) is 5.73 Å². The topological polar surface area (TPSA) is 26.0 Å². The number of rotatable bonds is 5. The van der Waals surface area contributed by atoms with Gasteiger partial charge in [0, 0.05) is 0 Å². The highest BCUT2D eigenvalue weighted by atomic mass is 19.2. The molecule has 0 aliphatic heterocycles. The van der Waals surface area contributed by atoms with E-state index in [1.54, 1.807) is 6.07 Å². The van der Waals surface area contributed by atoms with Gasteiger partial charge in [-0.05, 0) is 43.0 Å². The Labute approximate surface area is 89.3 Å². The van der Waals surface area contributed by atoms with E-state index in [0.29, 0.717) is 6.54 Å². The SMILES string of the molecule is CC(CCCCN)c1ccc(F)c(F)c1. The lowest BCUT2D eigenvalue weighted by Crippen LogP contribution is -2.00. The molecule has 1 aromatic carbocycles. The summed E-state index contributed by atoms with van der Waals surface area (Å²) in [5.41, 5.74) is 6.24. The van der Waals surface area contributed by atoms with Crippen molar-refractivity contribution in [2.45, 2.75) is 32.1 Å². The molecule has 0 bridgehead atoms. The van der Waals surface area contributed by atoms with Gasteiger partial charge in [0.25, 0.3) is 0 Å². The highest BCUT2D eigenvalue weighted by molar-refractivity contribution is 5.21. The molecular formula is C12H17F2N. The lowest BCUT2D eigenvalue weighted by atomic mass is 9.95. The molecule has 1 nitrogen and oxygen atoms in total. The minimum atomic E-state index is -0.784. The molecule has 0 saturated carbocycles. The fourth-order valence-corrected chi connectivity index (χ4v) is 1.58. The minimum Gasteiger partial charge on any atom is -0.330 e. The molecule has 3 heteroatoms. The van der Waals surface area contributed by atoms with Crippen molar-refractivity contribution in [3.63, 3.8) is 0 Å². The normalized spacial score (nSPS) is 12.8. The van der Waals surface area contributed by atoms with Crippen molar-refractivity contribution in [3.05, 3.63) is 35.4 Å². The molecule has 0 saturated heterocycles. The van der Waals surface area contributed by atoms with Gasteiger partial charge in [0.2, 0.25) is 0 Å².